The quantitative estimate of drug-likeness (QED) is 0.363. The van der Waals surface area contributed by atoms with Crippen LogP contribution in [0.15, 0.2) is 47.1 Å². The summed E-state index contributed by atoms with van der Waals surface area (Å²) in [6.45, 7) is 0.267. The van der Waals surface area contributed by atoms with Crippen molar-refractivity contribution in [1.29, 1.82) is 0 Å². The zero-order valence-corrected chi connectivity index (χ0v) is 21.8. The summed E-state index contributed by atoms with van der Waals surface area (Å²) in [7, 11) is 8.04. The molecule has 1 heterocycles. The maximum Gasteiger partial charge on any atom is 0.248 e. The summed E-state index contributed by atoms with van der Waals surface area (Å²) < 4.78 is 22.5. The molecule has 0 fully saturated rings. The number of nitrogens with zero attached hydrogens (tertiary/aromatic N) is 3. The van der Waals surface area contributed by atoms with Crippen LogP contribution in [-0.2, 0) is 16.1 Å². The van der Waals surface area contributed by atoms with Gasteiger partial charge in [0.05, 0.1) is 32.4 Å². The van der Waals surface area contributed by atoms with Gasteiger partial charge in [-0.25, -0.2) is 4.98 Å². The average Bonchev–Trinajstić information content (AvgIpc) is 2.86. The monoisotopic (exact) mass is 545 g/mol. The van der Waals surface area contributed by atoms with E-state index in [1.807, 2.05) is 24.3 Å². The van der Waals surface area contributed by atoms with Crippen molar-refractivity contribution in [1.82, 2.24) is 14.9 Å². The second kappa shape index (κ2) is 12.2. The van der Waals surface area contributed by atoms with Gasteiger partial charge in [0, 0.05) is 49.4 Å². The number of carbonyl (C=O) groups excluding carboxylic acids is 1. The van der Waals surface area contributed by atoms with E-state index in [1.165, 1.54) is 4.90 Å². The Morgan fingerprint density at radius 3 is 2.34 bits per heavy atom. The van der Waals surface area contributed by atoms with Gasteiger partial charge in [-0.1, -0.05) is 18.2 Å². The Labute approximate surface area is 212 Å². The van der Waals surface area contributed by atoms with E-state index < -0.39 is 0 Å². The average molecular weight is 546 g/mol. The normalized spacial score (nSPS) is 10.5. The molecule has 10 nitrogen and oxygen atoms in total. The number of para-hydroxylation sites is 1. The highest BCUT2D eigenvalue weighted by Crippen LogP contribution is 2.40. The Balaban J connectivity index is 1.80. The number of aromatic nitrogens is 2. The first-order valence-electron chi connectivity index (χ1n) is 10.6. The van der Waals surface area contributed by atoms with Crippen LogP contribution >= 0.6 is 15.9 Å². The fraction of sp³-hybridized carbons (Fsp3) is 0.292. The lowest BCUT2D eigenvalue weighted by Crippen LogP contribution is -2.26. The topological polar surface area (TPSA) is 107 Å². The molecule has 2 aromatic carbocycles. The van der Waals surface area contributed by atoms with Gasteiger partial charge in [0.2, 0.25) is 17.6 Å². The summed E-state index contributed by atoms with van der Waals surface area (Å²) in [5.41, 5.74) is 2.33. The van der Waals surface area contributed by atoms with E-state index in [0.29, 0.717) is 39.2 Å². The van der Waals surface area contributed by atoms with Gasteiger partial charge in [-0.05, 0) is 22.0 Å². The van der Waals surface area contributed by atoms with Gasteiger partial charge in [0.1, 0.15) is 12.4 Å². The zero-order chi connectivity index (χ0) is 25.4. The van der Waals surface area contributed by atoms with Crippen LogP contribution in [0.4, 0.5) is 23.1 Å². The summed E-state index contributed by atoms with van der Waals surface area (Å²) in [6, 6.07) is 11.2. The Hall–Kier alpha value is -3.57. The molecule has 2 N–H and O–H groups in total. The minimum absolute atomic E-state index is 0.00138. The maximum absolute atomic E-state index is 11.8. The van der Waals surface area contributed by atoms with Crippen LogP contribution in [0, 0.1) is 0 Å². The second-order valence-corrected chi connectivity index (χ2v) is 8.35. The molecule has 0 saturated heterocycles. The Bertz CT molecular complexity index is 1150. The van der Waals surface area contributed by atoms with Crippen molar-refractivity contribution in [3.63, 3.8) is 0 Å². The number of amides is 1. The van der Waals surface area contributed by atoms with Gasteiger partial charge < -0.3 is 34.5 Å². The summed E-state index contributed by atoms with van der Waals surface area (Å²) >= 11 is 3.50. The van der Waals surface area contributed by atoms with Crippen molar-refractivity contribution in [3.8, 4) is 17.2 Å². The minimum Gasteiger partial charge on any atom is -0.493 e. The first-order valence-corrected chi connectivity index (χ1v) is 11.4. The van der Waals surface area contributed by atoms with Crippen LogP contribution in [0.2, 0.25) is 0 Å². The summed E-state index contributed by atoms with van der Waals surface area (Å²) in [4.78, 5) is 22.2. The summed E-state index contributed by atoms with van der Waals surface area (Å²) in [6.07, 6.45) is 1.64. The van der Waals surface area contributed by atoms with E-state index in [1.54, 1.807) is 53.8 Å². The van der Waals surface area contributed by atoms with Crippen molar-refractivity contribution < 1.29 is 23.7 Å². The molecule has 0 unspecified atom stereocenters. The molecule has 3 aromatic rings. The molecular weight excluding hydrogens is 518 g/mol. The summed E-state index contributed by atoms with van der Waals surface area (Å²) in [5, 5.41) is 6.47. The standard InChI is InChI=1S/C24H28BrN5O5/c1-30(2)21(31)14-35-13-15-8-6-7-9-18(15)28-23-17(25)12-26-24(29-23)27-16-10-19(32-3)22(34-5)20(11-16)33-4/h6-12H,13-14H2,1-5H3,(H2,26,27,28,29). The number of hydrogen-bond acceptors (Lipinski definition) is 9. The van der Waals surface area contributed by atoms with Crippen molar-refractivity contribution in [2.45, 2.75) is 6.61 Å². The van der Waals surface area contributed by atoms with Gasteiger partial charge in [-0.2, -0.15) is 4.98 Å². The van der Waals surface area contributed by atoms with Crippen LogP contribution < -0.4 is 24.8 Å². The van der Waals surface area contributed by atoms with Crippen molar-refractivity contribution in [3.05, 3.63) is 52.6 Å². The predicted molar refractivity (Wildman–Crippen MR) is 137 cm³/mol. The molecule has 186 valence electrons. The highest BCUT2D eigenvalue weighted by molar-refractivity contribution is 9.10. The van der Waals surface area contributed by atoms with Crippen LogP contribution in [-0.4, -0.2) is 62.8 Å². The fourth-order valence-electron chi connectivity index (χ4n) is 3.07. The number of ether oxygens (including phenoxy) is 4. The van der Waals surface area contributed by atoms with E-state index in [2.05, 4.69) is 36.5 Å². The zero-order valence-electron chi connectivity index (χ0n) is 20.2. The lowest BCUT2D eigenvalue weighted by atomic mass is 10.2. The van der Waals surface area contributed by atoms with Crippen molar-refractivity contribution >= 4 is 45.0 Å². The van der Waals surface area contributed by atoms with E-state index >= 15 is 0 Å². The van der Waals surface area contributed by atoms with Gasteiger partial charge in [0.15, 0.2) is 11.5 Å². The molecule has 1 amide bonds. The minimum atomic E-state index is -0.100. The highest BCUT2D eigenvalue weighted by Gasteiger charge is 2.15. The first kappa shape index (κ1) is 26.0. The molecule has 0 saturated carbocycles. The first-order chi connectivity index (χ1) is 16.9. The molecule has 0 aliphatic rings. The van der Waals surface area contributed by atoms with Crippen LogP contribution in [0.25, 0.3) is 0 Å². The number of rotatable bonds is 11. The van der Waals surface area contributed by atoms with Crippen molar-refractivity contribution in [2.24, 2.45) is 0 Å². The van der Waals surface area contributed by atoms with Crippen LogP contribution in [0.1, 0.15) is 5.56 Å². The van der Waals surface area contributed by atoms with Crippen LogP contribution in [0.3, 0.4) is 0 Å². The smallest absolute Gasteiger partial charge is 0.248 e. The van der Waals surface area contributed by atoms with Gasteiger partial charge >= 0.3 is 0 Å². The lowest BCUT2D eigenvalue weighted by molar-refractivity contribution is -0.133. The van der Waals surface area contributed by atoms with E-state index in [-0.39, 0.29) is 19.1 Å². The molecule has 0 spiro atoms. The fourth-order valence-corrected chi connectivity index (χ4v) is 3.36. The van der Waals surface area contributed by atoms with Gasteiger partial charge in [-0.15, -0.1) is 0 Å². The second-order valence-electron chi connectivity index (χ2n) is 7.49. The number of methoxy groups -OCH3 is 3. The molecule has 1 aromatic heterocycles. The number of carbonyl (C=O) groups is 1. The third-order valence-electron chi connectivity index (χ3n) is 4.92. The number of halogens is 1. The predicted octanol–water partition coefficient (Wildman–Crippen LogP) is 4.36. The third-order valence-corrected chi connectivity index (χ3v) is 5.50. The maximum atomic E-state index is 11.8. The molecule has 0 aliphatic carbocycles. The van der Waals surface area contributed by atoms with E-state index in [4.69, 9.17) is 18.9 Å². The number of benzene rings is 2. The molecule has 11 heteroatoms. The van der Waals surface area contributed by atoms with Gasteiger partial charge in [0.25, 0.3) is 0 Å². The number of likely N-dealkylation sites (N-methyl/N-ethyl adjacent to an activating group) is 1. The Morgan fingerprint density at radius 1 is 1.03 bits per heavy atom. The summed E-state index contributed by atoms with van der Waals surface area (Å²) in [5.74, 6) is 2.31. The number of nitrogens with one attached hydrogen (secondary N) is 2. The Kier molecular flexibility index (Phi) is 9.10. The number of hydrogen-bond donors (Lipinski definition) is 2. The molecule has 35 heavy (non-hydrogen) atoms. The molecular formula is C24H28BrN5O5. The SMILES string of the molecule is COc1cc(Nc2ncc(Br)c(Nc3ccccc3COCC(=O)N(C)C)n2)cc(OC)c1OC. The lowest BCUT2D eigenvalue weighted by Gasteiger charge is -2.16. The van der Waals surface area contributed by atoms with E-state index in [0.717, 1.165) is 11.3 Å². The van der Waals surface area contributed by atoms with Crippen LogP contribution in [0.5, 0.6) is 17.2 Å². The molecule has 3 rings (SSSR count). The van der Waals surface area contributed by atoms with Crippen molar-refractivity contribution in [2.75, 3.05) is 52.7 Å². The highest BCUT2D eigenvalue weighted by atomic mass is 79.9. The van der Waals surface area contributed by atoms with Gasteiger partial charge in [-0.3, -0.25) is 4.79 Å². The molecule has 0 radical (unpaired) electrons. The molecule has 0 atom stereocenters. The molecule has 0 bridgehead atoms. The Morgan fingerprint density at radius 2 is 1.71 bits per heavy atom. The van der Waals surface area contributed by atoms with E-state index in [9.17, 15) is 4.79 Å². The third kappa shape index (κ3) is 6.74. The number of anilines is 4. The molecule has 0 aliphatic heterocycles. The largest absolute Gasteiger partial charge is 0.493 e.